The molecule has 0 bridgehead atoms. The lowest BCUT2D eigenvalue weighted by atomic mass is 9.76. The summed E-state index contributed by atoms with van der Waals surface area (Å²) in [6.45, 7) is 5.53. The van der Waals surface area contributed by atoms with Crippen LogP contribution >= 0.6 is 0 Å². The first-order valence-corrected chi connectivity index (χ1v) is 10.0. The quantitative estimate of drug-likeness (QED) is 0.890. The van der Waals surface area contributed by atoms with Gasteiger partial charge in [0, 0.05) is 6.54 Å². The molecule has 2 N–H and O–H groups in total. The molecule has 1 aliphatic heterocycles. The second-order valence-electron chi connectivity index (χ2n) is 6.70. The van der Waals surface area contributed by atoms with E-state index in [2.05, 4.69) is 17.0 Å². The molecule has 1 fully saturated rings. The van der Waals surface area contributed by atoms with Gasteiger partial charge in [-0.05, 0) is 37.4 Å². The zero-order valence-electron chi connectivity index (χ0n) is 14.0. The summed E-state index contributed by atoms with van der Waals surface area (Å²) in [7, 11) is -3.45. The van der Waals surface area contributed by atoms with Gasteiger partial charge in [0.2, 0.25) is 10.0 Å². The number of rotatable bonds is 4. The normalized spacial score (nSPS) is 22.7. The van der Waals surface area contributed by atoms with Gasteiger partial charge in [0.15, 0.2) is 0 Å². The number of nitrogens with one attached hydrogen (secondary N) is 2. The Morgan fingerprint density at radius 3 is 2.39 bits per heavy atom. The van der Waals surface area contributed by atoms with E-state index in [0.717, 1.165) is 48.9 Å². The molecule has 1 heterocycles. The van der Waals surface area contributed by atoms with Crippen molar-refractivity contribution in [2.24, 2.45) is 0 Å². The summed E-state index contributed by atoms with van der Waals surface area (Å²) in [4.78, 5) is 0.500. The van der Waals surface area contributed by atoms with Gasteiger partial charge in [-0.1, -0.05) is 56.0 Å². The van der Waals surface area contributed by atoms with E-state index in [-0.39, 0.29) is 5.54 Å². The highest BCUT2D eigenvalue weighted by atomic mass is 32.2. The molecule has 126 valence electrons. The highest BCUT2D eigenvalue weighted by Gasteiger charge is 2.48. The van der Waals surface area contributed by atoms with Gasteiger partial charge in [0.05, 0.1) is 10.4 Å². The molecular formula is C18H26N2O2S. The van der Waals surface area contributed by atoms with Crippen molar-refractivity contribution >= 4 is 14.9 Å². The van der Waals surface area contributed by atoms with Crippen molar-refractivity contribution in [1.29, 1.82) is 0 Å². The van der Waals surface area contributed by atoms with Gasteiger partial charge >= 0.3 is 0 Å². The summed E-state index contributed by atoms with van der Waals surface area (Å²) < 4.78 is 28.8. The Labute approximate surface area is 139 Å². The van der Waals surface area contributed by atoms with Gasteiger partial charge < -0.3 is 5.32 Å². The second kappa shape index (κ2) is 6.38. The molecular weight excluding hydrogens is 308 g/mol. The van der Waals surface area contributed by atoms with Crippen molar-refractivity contribution in [2.45, 2.75) is 51.5 Å². The van der Waals surface area contributed by atoms with E-state index < -0.39 is 10.0 Å². The summed E-state index contributed by atoms with van der Waals surface area (Å²) in [5, 5.41) is 3.35. The molecule has 0 atom stereocenters. The van der Waals surface area contributed by atoms with Crippen molar-refractivity contribution < 1.29 is 8.42 Å². The minimum atomic E-state index is -3.45. The zero-order valence-corrected chi connectivity index (χ0v) is 14.8. The first-order valence-electron chi connectivity index (χ1n) is 8.54. The van der Waals surface area contributed by atoms with Crippen molar-refractivity contribution in [2.75, 3.05) is 13.1 Å². The number of likely N-dealkylation sites (N-methyl/N-ethyl adjacent to an activating group) is 1. The van der Waals surface area contributed by atoms with Crippen molar-refractivity contribution in [3.63, 3.8) is 0 Å². The fourth-order valence-corrected chi connectivity index (χ4v) is 5.82. The van der Waals surface area contributed by atoms with Crippen molar-refractivity contribution in [3.8, 4) is 0 Å². The molecule has 1 aliphatic carbocycles. The van der Waals surface area contributed by atoms with Crippen LogP contribution in [0.3, 0.4) is 0 Å². The zero-order chi connectivity index (χ0) is 16.5. The Morgan fingerprint density at radius 1 is 1.13 bits per heavy atom. The van der Waals surface area contributed by atoms with Crippen LogP contribution in [0.4, 0.5) is 0 Å². The van der Waals surface area contributed by atoms with Crippen LogP contribution in [0.1, 0.15) is 50.2 Å². The Morgan fingerprint density at radius 2 is 1.78 bits per heavy atom. The number of hydrogen-bond donors (Lipinski definition) is 2. The molecule has 5 heteroatoms. The second-order valence-corrected chi connectivity index (χ2v) is 8.32. The lowest BCUT2D eigenvalue weighted by Crippen LogP contribution is -2.47. The monoisotopic (exact) mass is 334 g/mol. The van der Waals surface area contributed by atoms with Gasteiger partial charge in [0.25, 0.3) is 0 Å². The SMILES string of the molecule is CCNCC1=C(c2ccc(C)cc2)S(=O)(=O)NC12CCCCC2. The van der Waals surface area contributed by atoms with Crippen LogP contribution in [0, 0.1) is 6.92 Å². The predicted octanol–water partition coefficient (Wildman–Crippen LogP) is 2.95. The van der Waals surface area contributed by atoms with E-state index in [9.17, 15) is 8.42 Å². The number of benzene rings is 1. The van der Waals surface area contributed by atoms with Gasteiger partial charge in [0.1, 0.15) is 0 Å². The molecule has 0 unspecified atom stereocenters. The summed E-state index contributed by atoms with van der Waals surface area (Å²) in [5.41, 5.74) is 2.60. The fraction of sp³-hybridized carbons (Fsp3) is 0.556. The number of hydrogen-bond acceptors (Lipinski definition) is 3. The molecule has 1 aromatic rings. The van der Waals surface area contributed by atoms with Gasteiger partial charge in [-0.2, -0.15) is 0 Å². The summed E-state index contributed by atoms with van der Waals surface area (Å²) in [5.74, 6) is 0. The minimum Gasteiger partial charge on any atom is -0.313 e. The van der Waals surface area contributed by atoms with Gasteiger partial charge in [-0.15, -0.1) is 0 Å². The van der Waals surface area contributed by atoms with E-state index in [1.807, 2.05) is 31.2 Å². The minimum absolute atomic E-state index is 0.376. The van der Waals surface area contributed by atoms with Crippen LogP contribution in [0.25, 0.3) is 4.91 Å². The Hall–Kier alpha value is -1.17. The standard InChI is InChI=1S/C18H26N2O2S/c1-3-19-13-16-17(15-9-7-14(2)8-10-15)23(21,22)20-18(16)11-5-4-6-12-18/h7-10,19-20H,3-6,11-13H2,1-2H3. The molecule has 4 nitrogen and oxygen atoms in total. The van der Waals surface area contributed by atoms with E-state index in [1.54, 1.807) is 0 Å². The smallest absolute Gasteiger partial charge is 0.242 e. The highest BCUT2D eigenvalue weighted by molar-refractivity contribution is 7.99. The molecule has 0 radical (unpaired) electrons. The maximum absolute atomic E-state index is 12.9. The van der Waals surface area contributed by atoms with E-state index in [1.165, 1.54) is 6.42 Å². The lowest BCUT2D eigenvalue weighted by Gasteiger charge is -2.35. The van der Waals surface area contributed by atoms with E-state index in [0.29, 0.717) is 11.4 Å². The Kier molecular flexibility index (Phi) is 4.63. The number of aryl methyl sites for hydroxylation is 1. The van der Waals surface area contributed by atoms with Crippen molar-refractivity contribution in [1.82, 2.24) is 10.0 Å². The average molecular weight is 334 g/mol. The maximum Gasteiger partial charge on any atom is 0.242 e. The fourth-order valence-electron chi connectivity index (χ4n) is 3.84. The van der Waals surface area contributed by atoms with Crippen molar-refractivity contribution in [3.05, 3.63) is 41.0 Å². The molecule has 1 aromatic carbocycles. The first-order chi connectivity index (χ1) is 11.0. The Balaban J connectivity index is 2.14. The summed E-state index contributed by atoms with van der Waals surface area (Å²) >= 11 is 0. The number of sulfonamides is 1. The molecule has 0 amide bonds. The molecule has 3 rings (SSSR count). The first kappa shape index (κ1) is 16.7. The molecule has 0 saturated heterocycles. The third-order valence-corrected chi connectivity index (χ3v) is 6.70. The highest BCUT2D eigenvalue weighted by Crippen LogP contribution is 2.45. The van der Waals surface area contributed by atoms with Crippen LogP contribution < -0.4 is 10.0 Å². The molecule has 1 spiro atoms. The molecule has 0 aromatic heterocycles. The molecule has 2 aliphatic rings. The topological polar surface area (TPSA) is 58.2 Å². The van der Waals surface area contributed by atoms with Gasteiger partial charge in [-0.25, -0.2) is 13.1 Å². The van der Waals surface area contributed by atoms with Gasteiger partial charge in [-0.3, -0.25) is 0 Å². The van der Waals surface area contributed by atoms with E-state index in [4.69, 9.17) is 0 Å². The summed E-state index contributed by atoms with van der Waals surface area (Å²) in [6.07, 6.45) is 5.17. The third kappa shape index (κ3) is 3.10. The van der Waals surface area contributed by atoms with Crippen LogP contribution in [0.2, 0.25) is 0 Å². The summed E-state index contributed by atoms with van der Waals surface area (Å²) in [6, 6.07) is 7.82. The van der Waals surface area contributed by atoms with Crippen LogP contribution in [-0.4, -0.2) is 27.0 Å². The Bertz CT molecular complexity index is 699. The van der Waals surface area contributed by atoms with Crippen LogP contribution in [0.15, 0.2) is 29.8 Å². The largest absolute Gasteiger partial charge is 0.313 e. The third-order valence-electron chi connectivity index (χ3n) is 5.02. The molecule has 1 saturated carbocycles. The molecule has 23 heavy (non-hydrogen) atoms. The van der Waals surface area contributed by atoms with Crippen LogP contribution in [-0.2, 0) is 10.0 Å². The lowest BCUT2D eigenvalue weighted by molar-refractivity contribution is 0.315. The maximum atomic E-state index is 12.9. The average Bonchev–Trinajstić information content (AvgIpc) is 2.73. The predicted molar refractivity (Wildman–Crippen MR) is 94.5 cm³/mol. The van der Waals surface area contributed by atoms with Crippen LogP contribution in [0.5, 0.6) is 0 Å². The van der Waals surface area contributed by atoms with E-state index >= 15 is 0 Å².